The van der Waals surface area contributed by atoms with Gasteiger partial charge in [0.15, 0.2) is 0 Å². The molecule has 1 aliphatic rings. The molecule has 0 amide bonds. The van der Waals surface area contributed by atoms with Crippen LogP contribution in [0.1, 0.15) is 36.5 Å². The molecule has 1 aromatic rings. The minimum Gasteiger partial charge on any atom is -0.459 e. The van der Waals surface area contributed by atoms with Crippen LogP contribution in [-0.2, 0) is 9.47 Å². The average molecular weight is 284 g/mol. The van der Waals surface area contributed by atoms with Gasteiger partial charge in [-0.15, -0.1) is 0 Å². The highest BCUT2D eigenvalue weighted by atomic mass is 19.3. The molecular formula is C15H18F2O3. The maximum atomic E-state index is 13.2. The zero-order chi connectivity index (χ0) is 14.6. The summed E-state index contributed by atoms with van der Waals surface area (Å²) in [5.74, 6) is -3.26. The summed E-state index contributed by atoms with van der Waals surface area (Å²) in [7, 11) is 0. The Bertz CT molecular complexity index is 461. The van der Waals surface area contributed by atoms with Crippen molar-refractivity contribution in [3.05, 3.63) is 35.9 Å². The van der Waals surface area contributed by atoms with Gasteiger partial charge in [0.25, 0.3) is 5.92 Å². The lowest BCUT2D eigenvalue weighted by Crippen LogP contribution is -2.36. The van der Waals surface area contributed by atoms with Crippen molar-refractivity contribution >= 4 is 5.97 Å². The lowest BCUT2D eigenvalue weighted by atomic mass is 10.00. The molecule has 0 aromatic heterocycles. The van der Waals surface area contributed by atoms with E-state index in [1.165, 1.54) is 0 Å². The first-order chi connectivity index (χ1) is 9.40. The molecule has 1 saturated heterocycles. The first kappa shape index (κ1) is 14.9. The largest absolute Gasteiger partial charge is 0.459 e. The van der Waals surface area contributed by atoms with E-state index in [2.05, 4.69) is 0 Å². The number of ether oxygens (including phenoxy) is 2. The zero-order valence-corrected chi connectivity index (χ0v) is 11.4. The van der Waals surface area contributed by atoms with Crippen LogP contribution in [0.3, 0.4) is 0 Å². The third-order valence-electron chi connectivity index (χ3n) is 3.40. The number of hydrogen-bond donors (Lipinski definition) is 0. The lowest BCUT2D eigenvalue weighted by molar-refractivity contribution is -0.132. The van der Waals surface area contributed by atoms with Gasteiger partial charge in [-0.3, -0.25) is 0 Å². The van der Waals surface area contributed by atoms with Crippen LogP contribution in [0.4, 0.5) is 8.78 Å². The number of rotatable bonds is 3. The van der Waals surface area contributed by atoms with E-state index in [9.17, 15) is 13.6 Å². The van der Waals surface area contributed by atoms with Crippen molar-refractivity contribution in [2.45, 2.75) is 37.7 Å². The lowest BCUT2D eigenvalue weighted by Gasteiger charge is -2.27. The first-order valence-corrected chi connectivity index (χ1v) is 6.64. The number of benzene rings is 1. The molecule has 1 aliphatic heterocycles. The third-order valence-corrected chi connectivity index (χ3v) is 3.40. The SMILES string of the molecule is C[C@]1(COC(=O)c2ccccc2)CCCC(F)(F)CO1. The second-order valence-corrected chi connectivity index (χ2v) is 5.39. The van der Waals surface area contributed by atoms with E-state index >= 15 is 0 Å². The molecule has 110 valence electrons. The van der Waals surface area contributed by atoms with E-state index in [1.54, 1.807) is 37.3 Å². The van der Waals surface area contributed by atoms with Crippen molar-refractivity contribution in [2.24, 2.45) is 0 Å². The van der Waals surface area contributed by atoms with Gasteiger partial charge in [-0.1, -0.05) is 18.2 Å². The summed E-state index contributed by atoms with van der Waals surface area (Å²) >= 11 is 0. The molecule has 1 aromatic carbocycles. The van der Waals surface area contributed by atoms with Crippen LogP contribution < -0.4 is 0 Å². The maximum absolute atomic E-state index is 13.2. The van der Waals surface area contributed by atoms with Crippen LogP contribution in [0.2, 0.25) is 0 Å². The number of halogens is 2. The van der Waals surface area contributed by atoms with Gasteiger partial charge in [-0.25, -0.2) is 13.6 Å². The third kappa shape index (κ3) is 4.00. The monoisotopic (exact) mass is 284 g/mol. The van der Waals surface area contributed by atoms with Crippen LogP contribution in [0, 0.1) is 0 Å². The minimum atomic E-state index is -2.79. The second kappa shape index (κ2) is 5.87. The Kier molecular flexibility index (Phi) is 4.38. The molecule has 1 fully saturated rings. The molecule has 0 aliphatic carbocycles. The number of hydrogen-bond acceptors (Lipinski definition) is 3. The smallest absolute Gasteiger partial charge is 0.338 e. The number of esters is 1. The van der Waals surface area contributed by atoms with E-state index in [0.29, 0.717) is 18.4 Å². The topological polar surface area (TPSA) is 35.5 Å². The first-order valence-electron chi connectivity index (χ1n) is 6.64. The molecule has 0 radical (unpaired) electrons. The quantitative estimate of drug-likeness (QED) is 0.798. The van der Waals surface area contributed by atoms with Crippen molar-refractivity contribution < 1.29 is 23.0 Å². The van der Waals surface area contributed by atoms with Crippen molar-refractivity contribution in [1.82, 2.24) is 0 Å². The van der Waals surface area contributed by atoms with E-state index in [1.807, 2.05) is 0 Å². The Labute approximate surface area is 116 Å². The van der Waals surface area contributed by atoms with Crippen LogP contribution in [-0.4, -0.2) is 30.7 Å². The maximum Gasteiger partial charge on any atom is 0.338 e. The molecule has 5 heteroatoms. The zero-order valence-electron chi connectivity index (χ0n) is 11.4. The normalized spacial score (nSPS) is 25.8. The molecule has 3 nitrogen and oxygen atoms in total. The van der Waals surface area contributed by atoms with E-state index in [4.69, 9.17) is 9.47 Å². The van der Waals surface area contributed by atoms with E-state index in [0.717, 1.165) is 0 Å². The Balaban J connectivity index is 1.91. The van der Waals surface area contributed by atoms with Gasteiger partial charge in [0.2, 0.25) is 0 Å². The van der Waals surface area contributed by atoms with Gasteiger partial charge in [0, 0.05) is 6.42 Å². The fraction of sp³-hybridized carbons (Fsp3) is 0.533. The summed E-state index contributed by atoms with van der Waals surface area (Å²) in [5, 5.41) is 0. The fourth-order valence-electron chi connectivity index (χ4n) is 2.13. The average Bonchev–Trinajstić information content (AvgIpc) is 2.57. The molecule has 0 saturated carbocycles. The van der Waals surface area contributed by atoms with Crippen LogP contribution in [0.15, 0.2) is 30.3 Å². The van der Waals surface area contributed by atoms with Gasteiger partial charge < -0.3 is 9.47 Å². The van der Waals surface area contributed by atoms with Crippen LogP contribution in [0.25, 0.3) is 0 Å². The van der Waals surface area contributed by atoms with Crippen molar-refractivity contribution in [1.29, 1.82) is 0 Å². The van der Waals surface area contributed by atoms with Gasteiger partial charge in [-0.05, 0) is 31.9 Å². The number of carbonyl (C=O) groups is 1. The Morgan fingerprint density at radius 3 is 2.70 bits per heavy atom. The predicted octanol–water partition coefficient (Wildman–Crippen LogP) is 3.44. The molecule has 1 heterocycles. The molecule has 2 rings (SSSR count). The predicted molar refractivity (Wildman–Crippen MR) is 69.9 cm³/mol. The Hall–Kier alpha value is -1.49. The highest BCUT2D eigenvalue weighted by molar-refractivity contribution is 5.89. The number of carbonyl (C=O) groups excluding carboxylic acids is 1. The summed E-state index contributed by atoms with van der Waals surface area (Å²) in [4.78, 5) is 11.8. The summed E-state index contributed by atoms with van der Waals surface area (Å²) in [6.45, 7) is 1.07. The van der Waals surface area contributed by atoms with Crippen LogP contribution in [0.5, 0.6) is 0 Å². The van der Waals surface area contributed by atoms with Crippen molar-refractivity contribution in [3.8, 4) is 0 Å². The minimum absolute atomic E-state index is 0.0171. The van der Waals surface area contributed by atoms with E-state index < -0.39 is 24.1 Å². The fourth-order valence-corrected chi connectivity index (χ4v) is 2.13. The van der Waals surface area contributed by atoms with Gasteiger partial charge in [-0.2, -0.15) is 0 Å². The van der Waals surface area contributed by atoms with Gasteiger partial charge in [0.05, 0.1) is 11.2 Å². The summed E-state index contributed by atoms with van der Waals surface area (Å²) in [6, 6.07) is 8.57. The number of alkyl halides is 2. The van der Waals surface area contributed by atoms with Crippen molar-refractivity contribution in [3.63, 3.8) is 0 Å². The Morgan fingerprint density at radius 2 is 2.00 bits per heavy atom. The van der Waals surface area contributed by atoms with Crippen molar-refractivity contribution in [2.75, 3.05) is 13.2 Å². The second-order valence-electron chi connectivity index (χ2n) is 5.39. The molecule has 0 spiro atoms. The van der Waals surface area contributed by atoms with Gasteiger partial charge >= 0.3 is 5.97 Å². The summed E-state index contributed by atoms with van der Waals surface area (Å²) < 4.78 is 36.9. The van der Waals surface area contributed by atoms with E-state index in [-0.39, 0.29) is 13.0 Å². The summed E-state index contributed by atoms with van der Waals surface area (Å²) in [5.41, 5.74) is -0.403. The highest BCUT2D eigenvalue weighted by Crippen LogP contribution is 2.32. The van der Waals surface area contributed by atoms with Crippen LogP contribution >= 0.6 is 0 Å². The summed E-state index contributed by atoms with van der Waals surface area (Å²) in [6.07, 6.45) is 0.617. The molecule has 20 heavy (non-hydrogen) atoms. The van der Waals surface area contributed by atoms with Gasteiger partial charge in [0.1, 0.15) is 13.2 Å². The standard InChI is InChI=1S/C15H18F2O3/c1-14(8-5-9-15(16,17)11-20-14)10-19-13(18)12-6-3-2-4-7-12/h2-4,6-7H,5,8-11H2,1H3/t14-/m1/s1. The molecule has 1 atom stereocenters. The molecule has 0 N–H and O–H groups in total. The Morgan fingerprint density at radius 1 is 1.30 bits per heavy atom. The molecule has 0 unspecified atom stereocenters. The highest BCUT2D eigenvalue weighted by Gasteiger charge is 2.39. The molecule has 0 bridgehead atoms. The molecular weight excluding hydrogens is 266 g/mol.